The molecule has 1 unspecified atom stereocenters. The van der Waals surface area contributed by atoms with E-state index in [4.69, 9.17) is 14.2 Å². The largest absolute Gasteiger partial charge is 0.492 e. The van der Waals surface area contributed by atoms with Gasteiger partial charge in [-0.05, 0) is 44.4 Å². The molecule has 0 bridgehead atoms. The number of alkyl halides is 3. The van der Waals surface area contributed by atoms with Crippen molar-refractivity contribution >= 4 is 0 Å². The lowest BCUT2D eigenvalue weighted by molar-refractivity contribution is -0.171. The Morgan fingerprint density at radius 3 is 2.32 bits per heavy atom. The van der Waals surface area contributed by atoms with Crippen molar-refractivity contribution in [3.8, 4) is 5.75 Å². The van der Waals surface area contributed by atoms with Gasteiger partial charge in [0, 0.05) is 19.6 Å². The van der Waals surface area contributed by atoms with Crippen LogP contribution in [0.15, 0.2) is 54.6 Å². The minimum absolute atomic E-state index is 0.123. The second-order valence-electron chi connectivity index (χ2n) is 8.66. The summed E-state index contributed by atoms with van der Waals surface area (Å²) in [7, 11) is 0. The predicted octanol–water partition coefficient (Wildman–Crippen LogP) is 5.44. The van der Waals surface area contributed by atoms with E-state index >= 15 is 0 Å². The average molecular weight is 435 g/mol. The quantitative estimate of drug-likeness (QED) is 0.626. The predicted molar refractivity (Wildman–Crippen MR) is 111 cm³/mol. The molecule has 2 aromatic rings. The summed E-state index contributed by atoms with van der Waals surface area (Å²) in [5.41, 5.74) is -0.0314. The molecule has 2 fully saturated rings. The number of halogens is 3. The first kappa shape index (κ1) is 22.1. The van der Waals surface area contributed by atoms with Gasteiger partial charge in [0.2, 0.25) is 0 Å². The molecule has 2 aliphatic rings. The van der Waals surface area contributed by atoms with Gasteiger partial charge in [-0.2, -0.15) is 13.2 Å². The minimum atomic E-state index is -4.42. The number of hydrogen-bond donors (Lipinski definition) is 0. The molecule has 0 aromatic heterocycles. The Balaban J connectivity index is 1.36. The third kappa shape index (κ3) is 4.89. The van der Waals surface area contributed by atoms with Gasteiger partial charge in [-0.25, -0.2) is 0 Å². The van der Waals surface area contributed by atoms with Crippen LogP contribution >= 0.6 is 0 Å². The van der Waals surface area contributed by atoms with E-state index in [1.54, 1.807) is 6.07 Å². The Kier molecular flexibility index (Phi) is 6.03. The number of nitrogens with zero attached hydrogens (tertiary/aromatic N) is 1. The molecule has 4 rings (SSSR count). The molecule has 0 saturated carbocycles. The standard InChI is InChI=1S/C24H28F3NO3/c1-22(2)30-21(18-8-4-3-5-9-18)23(31-22)12-14-28(15-13-23)16-17-29-20-11-7-6-10-19(20)24(25,26)27/h3-11,21H,12-17H2,1-2H3. The van der Waals surface area contributed by atoms with Crippen molar-refractivity contribution in [3.05, 3.63) is 65.7 Å². The molecule has 2 aromatic carbocycles. The molecule has 4 nitrogen and oxygen atoms in total. The highest BCUT2D eigenvalue weighted by Crippen LogP contribution is 2.50. The lowest BCUT2D eigenvalue weighted by Crippen LogP contribution is -2.48. The maximum atomic E-state index is 13.1. The van der Waals surface area contributed by atoms with E-state index in [1.165, 1.54) is 12.1 Å². The minimum Gasteiger partial charge on any atom is -0.492 e. The maximum Gasteiger partial charge on any atom is 0.419 e. The Hall–Kier alpha value is -2.09. The van der Waals surface area contributed by atoms with Gasteiger partial charge in [-0.3, -0.25) is 4.90 Å². The maximum absolute atomic E-state index is 13.1. The molecule has 2 saturated heterocycles. The van der Waals surface area contributed by atoms with Crippen molar-refractivity contribution in [2.45, 2.75) is 50.4 Å². The molecular weight excluding hydrogens is 407 g/mol. The van der Waals surface area contributed by atoms with E-state index < -0.39 is 23.1 Å². The number of likely N-dealkylation sites (tertiary alicyclic amines) is 1. The SMILES string of the molecule is CC1(C)OC(c2ccccc2)C2(CCN(CCOc3ccccc3C(F)(F)F)CC2)O1. The molecule has 7 heteroatoms. The van der Waals surface area contributed by atoms with Crippen LogP contribution in [0.3, 0.4) is 0 Å². The highest BCUT2D eigenvalue weighted by Gasteiger charge is 2.54. The number of ether oxygens (including phenoxy) is 3. The average Bonchev–Trinajstić information content (AvgIpc) is 3.00. The van der Waals surface area contributed by atoms with Crippen molar-refractivity contribution in [1.29, 1.82) is 0 Å². The molecule has 0 amide bonds. The van der Waals surface area contributed by atoms with Crippen LogP contribution in [-0.2, 0) is 15.7 Å². The van der Waals surface area contributed by atoms with Crippen molar-refractivity contribution < 1.29 is 27.4 Å². The summed E-state index contributed by atoms with van der Waals surface area (Å²) in [6.45, 7) is 6.18. The number of piperidine rings is 1. The highest BCUT2D eigenvalue weighted by molar-refractivity contribution is 5.35. The summed E-state index contributed by atoms with van der Waals surface area (Å²) >= 11 is 0. The van der Waals surface area contributed by atoms with E-state index in [-0.39, 0.29) is 18.5 Å². The number of rotatable bonds is 5. The normalized spacial score (nSPS) is 23.2. The number of benzene rings is 2. The Morgan fingerprint density at radius 2 is 1.65 bits per heavy atom. The van der Waals surface area contributed by atoms with Gasteiger partial charge in [0.25, 0.3) is 0 Å². The fourth-order valence-electron chi connectivity index (χ4n) is 4.59. The Labute approximate surface area is 180 Å². The summed E-state index contributed by atoms with van der Waals surface area (Å²) in [6.07, 6.45) is -2.99. The van der Waals surface area contributed by atoms with E-state index in [0.717, 1.165) is 37.6 Å². The lowest BCUT2D eigenvalue weighted by atomic mass is 9.82. The van der Waals surface area contributed by atoms with Crippen LogP contribution in [0.2, 0.25) is 0 Å². The molecule has 0 N–H and O–H groups in total. The summed E-state index contributed by atoms with van der Waals surface area (Å²) < 4.78 is 57.5. The molecule has 31 heavy (non-hydrogen) atoms. The van der Waals surface area contributed by atoms with Crippen molar-refractivity contribution in [1.82, 2.24) is 4.90 Å². The van der Waals surface area contributed by atoms with E-state index in [9.17, 15) is 13.2 Å². The summed E-state index contributed by atoms with van der Waals surface area (Å²) in [6, 6.07) is 15.5. The van der Waals surface area contributed by atoms with Gasteiger partial charge >= 0.3 is 6.18 Å². The molecule has 1 atom stereocenters. The zero-order valence-electron chi connectivity index (χ0n) is 17.8. The first-order valence-corrected chi connectivity index (χ1v) is 10.6. The molecular formula is C24H28F3NO3. The Morgan fingerprint density at radius 1 is 1.00 bits per heavy atom. The lowest BCUT2D eigenvalue weighted by Gasteiger charge is -2.41. The van der Waals surface area contributed by atoms with Gasteiger partial charge in [-0.1, -0.05) is 42.5 Å². The number of para-hydroxylation sites is 1. The second kappa shape index (κ2) is 8.45. The van der Waals surface area contributed by atoms with E-state index in [1.807, 2.05) is 32.0 Å². The summed E-state index contributed by atoms with van der Waals surface area (Å²) in [5, 5.41) is 0. The van der Waals surface area contributed by atoms with Crippen LogP contribution in [0.25, 0.3) is 0 Å². The van der Waals surface area contributed by atoms with Crippen molar-refractivity contribution in [2.24, 2.45) is 0 Å². The summed E-state index contributed by atoms with van der Waals surface area (Å²) in [5.74, 6) is -0.783. The van der Waals surface area contributed by atoms with Gasteiger partial charge in [0.1, 0.15) is 24.1 Å². The van der Waals surface area contributed by atoms with Gasteiger partial charge < -0.3 is 14.2 Å². The molecule has 0 aliphatic carbocycles. The molecule has 168 valence electrons. The molecule has 1 spiro atoms. The van der Waals surface area contributed by atoms with Gasteiger partial charge in [-0.15, -0.1) is 0 Å². The molecule has 2 heterocycles. The van der Waals surface area contributed by atoms with E-state index in [0.29, 0.717) is 6.54 Å². The third-order valence-electron chi connectivity index (χ3n) is 5.99. The zero-order valence-corrected chi connectivity index (χ0v) is 17.8. The molecule has 2 aliphatic heterocycles. The topological polar surface area (TPSA) is 30.9 Å². The van der Waals surface area contributed by atoms with Gasteiger partial charge in [0.05, 0.1) is 5.56 Å². The van der Waals surface area contributed by atoms with Crippen LogP contribution in [0, 0.1) is 0 Å². The van der Waals surface area contributed by atoms with Crippen LogP contribution in [0.4, 0.5) is 13.2 Å². The molecule has 0 radical (unpaired) electrons. The van der Waals surface area contributed by atoms with Crippen LogP contribution < -0.4 is 4.74 Å². The first-order chi connectivity index (χ1) is 14.7. The van der Waals surface area contributed by atoms with Gasteiger partial charge in [0.15, 0.2) is 5.79 Å². The summed E-state index contributed by atoms with van der Waals surface area (Å²) in [4.78, 5) is 2.21. The fraction of sp³-hybridized carbons (Fsp3) is 0.500. The monoisotopic (exact) mass is 435 g/mol. The third-order valence-corrected chi connectivity index (χ3v) is 5.99. The van der Waals surface area contributed by atoms with Crippen LogP contribution in [0.1, 0.15) is 43.9 Å². The number of hydrogen-bond acceptors (Lipinski definition) is 4. The highest BCUT2D eigenvalue weighted by atomic mass is 19.4. The van der Waals surface area contributed by atoms with Crippen molar-refractivity contribution in [3.63, 3.8) is 0 Å². The Bertz CT molecular complexity index is 877. The van der Waals surface area contributed by atoms with Crippen LogP contribution in [-0.4, -0.2) is 42.5 Å². The van der Waals surface area contributed by atoms with E-state index in [2.05, 4.69) is 17.0 Å². The fourth-order valence-corrected chi connectivity index (χ4v) is 4.59. The zero-order chi connectivity index (χ0) is 22.1. The second-order valence-corrected chi connectivity index (χ2v) is 8.66. The van der Waals surface area contributed by atoms with Crippen LogP contribution in [0.5, 0.6) is 5.75 Å². The van der Waals surface area contributed by atoms with Crippen molar-refractivity contribution in [2.75, 3.05) is 26.2 Å². The smallest absolute Gasteiger partial charge is 0.419 e. The first-order valence-electron chi connectivity index (χ1n) is 10.6.